The van der Waals surface area contributed by atoms with Crippen LogP contribution in [0.5, 0.6) is 5.75 Å². The Bertz CT molecular complexity index is 1540. The Labute approximate surface area is 199 Å². The summed E-state index contributed by atoms with van der Waals surface area (Å²) >= 11 is 0. The first-order valence-corrected chi connectivity index (χ1v) is 10.8. The molecule has 0 saturated heterocycles. The van der Waals surface area contributed by atoms with Crippen LogP contribution in [0.2, 0.25) is 0 Å². The summed E-state index contributed by atoms with van der Waals surface area (Å²) in [5.74, 6) is 1.37. The SMILES string of the molecule is COc1ccc(-c2ccc(-n3nc(-c4nnco4)c(-c4nnco4)c3-c3ccccc3)cc2)cc1. The van der Waals surface area contributed by atoms with Gasteiger partial charge in [-0.2, -0.15) is 5.10 Å². The van der Waals surface area contributed by atoms with Gasteiger partial charge in [0.2, 0.25) is 12.8 Å². The van der Waals surface area contributed by atoms with Gasteiger partial charge < -0.3 is 13.6 Å². The quantitative estimate of drug-likeness (QED) is 0.328. The summed E-state index contributed by atoms with van der Waals surface area (Å²) < 4.78 is 18.2. The van der Waals surface area contributed by atoms with Gasteiger partial charge in [-0.15, -0.1) is 20.4 Å². The van der Waals surface area contributed by atoms with E-state index in [0.29, 0.717) is 17.1 Å². The van der Waals surface area contributed by atoms with E-state index in [9.17, 15) is 0 Å². The highest BCUT2D eigenvalue weighted by Crippen LogP contribution is 2.40. The van der Waals surface area contributed by atoms with Gasteiger partial charge in [0.1, 0.15) is 5.75 Å². The number of hydrogen-bond donors (Lipinski definition) is 0. The molecule has 9 heteroatoms. The van der Waals surface area contributed by atoms with Gasteiger partial charge in [0.15, 0.2) is 5.69 Å². The molecule has 3 aromatic heterocycles. The summed E-state index contributed by atoms with van der Waals surface area (Å²) in [6.45, 7) is 0. The molecule has 3 aromatic carbocycles. The zero-order chi connectivity index (χ0) is 23.6. The molecule has 6 rings (SSSR count). The number of ether oxygens (including phenoxy) is 1. The Morgan fingerprint density at radius 1 is 0.686 bits per heavy atom. The molecule has 0 unspecified atom stereocenters. The van der Waals surface area contributed by atoms with Crippen LogP contribution in [-0.4, -0.2) is 37.3 Å². The Morgan fingerprint density at radius 3 is 1.91 bits per heavy atom. The van der Waals surface area contributed by atoms with Crippen molar-refractivity contribution in [2.75, 3.05) is 7.11 Å². The van der Waals surface area contributed by atoms with Crippen LogP contribution < -0.4 is 4.74 Å². The van der Waals surface area contributed by atoms with Crippen molar-refractivity contribution in [1.82, 2.24) is 30.2 Å². The predicted molar refractivity (Wildman–Crippen MR) is 128 cm³/mol. The van der Waals surface area contributed by atoms with Crippen LogP contribution in [0.15, 0.2) is 100 Å². The molecule has 35 heavy (non-hydrogen) atoms. The summed E-state index contributed by atoms with van der Waals surface area (Å²) in [5, 5.41) is 20.8. The van der Waals surface area contributed by atoms with Crippen molar-refractivity contribution >= 4 is 0 Å². The van der Waals surface area contributed by atoms with Crippen molar-refractivity contribution < 1.29 is 13.6 Å². The fourth-order valence-electron chi connectivity index (χ4n) is 3.96. The maximum absolute atomic E-state index is 5.59. The van der Waals surface area contributed by atoms with Crippen LogP contribution in [0.3, 0.4) is 0 Å². The molecule has 3 heterocycles. The van der Waals surface area contributed by atoms with E-state index in [1.54, 1.807) is 7.11 Å². The van der Waals surface area contributed by atoms with E-state index in [0.717, 1.165) is 33.8 Å². The molecule has 170 valence electrons. The topological polar surface area (TPSA) is 105 Å². The lowest BCUT2D eigenvalue weighted by Crippen LogP contribution is -1.99. The first-order valence-electron chi connectivity index (χ1n) is 10.8. The van der Waals surface area contributed by atoms with Crippen molar-refractivity contribution in [1.29, 1.82) is 0 Å². The molecular formula is C26H18N6O3. The van der Waals surface area contributed by atoms with Crippen LogP contribution in [0.25, 0.3) is 51.1 Å². The largest absolute Gasteiger partial charge is 0.497 e. The van der Waals surface area contributed by atoms with Crippen LogP contribution in [0.1, 0.15) is 0 Å². The van der Waals surface area contributed by atoms with E-state index in [-0.39, 0.29) is 5.89 Å². The third-order valence-corrected chi connectivity index (χ3v) is 5.60. The van der Waals surface area contributed by atoms with E-state index in [1.165, 1.54) is 12.8 Å². The zero-order valence-corrected chi connectivity index (χ0v) is 18.6. The average Bonchev–Trinajstić information content (AvgIpc) is 3.70. The Morgan fingerprint density at radius 2 is 1.31 bits per heavy atom. The molecule has 0 N–H and O–H groups in total. The van der Waals surface area contributed by atoms with E-state index in [1.807, 2.05) is 83.5 Å². The molecule has 0 spiro atoms. The minimum Gasteiger partial charge on any atom is -0.497 e. The number of methoxy groups -OCH3 is 1. The van der Waals surface area contributed by atoms with Crippen LogP contribution in [0, 0.1) is 0 Å². The van der Waals surface area contributed by atoms with E-state index < -0.39 is 0 Å². The number of benzene rings is 3. The second kappa shape index (κ2) is 8.71. The van der Waals surface area contributed by atoms with Crippen molar-refractivity contribution in [3.63, 3.8) is 0 Å². The van der Waals surface area contributed by atoms with Crippen LogP contribution in [0.4, 0.5) is 0 Å². The van der Waals surface area contributed by atoms with Gasteiger partial charge in [-0.1, -0.05) is 54.6 Å². The Kier molecular flexibility index (Phi) is 5.12. The molecule has 0 amide bonds. The van der Waals surface area contributed by atoms with E-state index in [4.69, 9.17) is 18.7 Å². The third kappa shape index (κ3) is 3.74. The summed E-state index contributed by atoms with van der Waals surface area (Å²) in [4.78, 5) is 0. The van der Waals surface area contributed by atoms with Crippen molar-refractivity contribution in [3.8, 4) is 56.9 Å². The maximum atomic E-state index is 5.59. The van der Waals surface area contributed by atoms with E-state index >= 15 is 0 Å². The lowest BCUT2D eigenvalue weighted by Gasteiger charge is -2.10. The molecule has 0 saturated carbocycles. The third-order valence-electron chi connectivity index (χ3n) is 5.60. The second-order valence-electron chi connectivity index (χ2n) is 7.61. The highest BCUT2D eigenvalue weighted by molar-refractivity contribution is 5.87. The zero-order valence-electron chi connectivity index (χ0n) is 18.6. The highest BCUT2D eigenvalue weighted by atomic mass is 16.5. The lowest BCUT2D eigenvalue weighted by atomic mass is 10.0. The van der Waals surface area contributed by atoms with Gasteiger partial charge in [0.25, 0.3) is 11.8 Å². The van der Waals surface area contributed by atoms with Crippen LogP contribution >= 0.6 is 0 Å². The summed E-state index contributed by atoms with van der Waals surface area (Å²) in [7, 11) is 1.66. The highest BCUT2D eigenvalue weighted by Gasteiger charge is 2.28. The van der Waals surface area contributed by atoms with Crippen molar-refractivity contribution in [2.45, 2.75) is 0 Å². The second-order valence-corrected chi connectivity index (χ2v) is 7.61. The minimum absolute atomic E-state index is 0.254. The molecule has 0 aliphatic carbocycles. The van der Waals surface area contributed by atoms with Crippen molar-refractivity contribution in [3.05, 3.63) is 91.7 Å². The standard InChI is InChI=1S/C26H18N6O3/c1-33-21-13-9-18(10-14-21)17-7-11-20(12-8-17)32-24(19-5-3-2-4-6-19)22(25-29-27-15-34-25)23(31-32)26-30-28-16-35-26/h2-16H,1H3. The van der Waals surface area contributed by atoms with E-state index in [2.05, 4.69) is 20.4 Å². The fourth-order valence-corrected chi connectivity index (χ4v) is 3.96. The molecule has 6 aromatic rings. The fraction of sp³-hybridized carbons (Fsp3) is 0.0385. The monoisotopic (exact) mass is 462 g/mol. The van der Waals surface area contributed by atoms with Gasteiger partial charge in [-0.3, -0.25) is 0 Å². The normalized spacial score (nSPS) is 11.0. The molecular weight excluding hydrogens is 444 g/mol. The number of nitrogens with zero attached hydrogens (tertiary/aromatic N) is 6. The Balaban J connectivity index is 1.53. The average molecular weight is 462 g/mol. The maximum Gasteiger partial charge on any atom is 0.268 e. The summed E-state index contributed by atoms with van der Waals surface area (Å²) in [6, 6.07) is 25.9. The number of rotatable bonds is 6. The lowest BCUT2D eigenvalue weighted by molar-refractivity contribution is 0.415. The van der Waals surface area contributed by atoms with Gasteiger partial charge in [0.05, 0.1) is 24.1 Å². The van der Waals surface area contributed by atoms with Crippen LogP contribution in [-0.2, 0) is 0 Å². The first-order chi connectivity index (χ1) is 17.3. The van der Waals surface area contributed by atoms with Gasteiger partial charge in [0, 0.05) is 5.56 Å². The van der Waals surface area contributed by atoms with Gasteiger partial charge in [-0.25, -0.2) is 4.68 Å². The number of hydrogen-bond acceptors (Lipinski definition) is 8. The molecule has 0 fully saturated rings. The molecule has 0 bridgehead atoms. The van der Waals surface area contributed by atoms with Gasteiger partial charge >= 0.3 is 0 Å². The molecule has 0 aliphatic rings. The first kappa shape index (κ1) is 20.5. The smallest absolute Gasteiger partial charge is 0.268 e. The molecule has 0 aliphatic heterocycles. The van der Waals surface area contributed by atoms with Gasteiger partial charge in [-0.05, 0) is 35.4 Å². The summed E-state index contributed by atoms with van der Waals surface area (Å²) in [5.41, 5.74) is 5.73. The predicted octanol–water partition coefficient (Wildman–Crippen LogP) is 5.31. The molecule has 0 atom stereocenters. The minimum atomic E-state index is 0.254. The molecule has 0 radical (unpaired) electrons. The van der Waals surface area contributed by atoms with Crippen molar-refractivity contribution in [2.24, 2.45) is 0 Å². The molecule has 9 nitrogen and oxygen atoms in total. The summed E-state index contributed by atoms with van der Waals surface area (Å²) in [6.07, 6.45) is 2.54. The number of aromatic nitrogens is 6. The Hall–Kier alpha value is -5.05.